The van der Waals surface area contributed by atoms with E-state index in [1.165, 1.54) is 25.3 Å². The van der Waals surface area contributed by atoms with Crippen LogP contribution in [0.3, 0.4) is 0 Å². The van der Waals surface area contributed by atoms with Crippen molar-refractivity contribution in [1.29, 1.82) is 0 Å². The number of imide groups is 1. The first-order valence-corrected chi connectivity index (χ1v) is 9.51. The standard InChI is InChI=1S/C18H12Cl3NO4S/c1-26-14-7-10(19)5-9(16(14)23)6-15-17(24)22(18(25)27-15)8-11-12(20)3-2-4-13(11)21/h2-7,23H,8H2,1H3/b15-6-. The third-order valence-corrected chi connectivity index (χ3v) is 5.66. The van der Waals surface area contributed by atoms with Crippen LogP contribution in [0.4, 0.5) is 4.79 Å². The van der Waals surface area contributed by atoms with Gasteiger partial charge in [-0.15, -0.1) is 0 Å². The lowest BCUT2D eigenvalue weighted by Gasteiger charge is -2.14. The fraction of sp³-hybridized carbons (Fsp3) is 0.111. The molecule has 1 N–H and O–H groups in total. The first-order valence-electron chi connectivity index (χ1n) is 7.56. The Morgan fingerprint density at radius 3 is 2.48 bits per heavy atom. The van der Waals surface area contributed by atoms with Crippen molar-refractivity contribution in [3.05, 3.63) is 61.4 Å². The predicted octanol–water partition coefficient (Wildman–Crippen LogP) is 5.60. The average molecular weight is 445 g/mol. The minimum absolute atomic E-state index is 0.0502. The number of halogens is 3. The molecule has 1 heterocycles. The summed E-state index contributed by atoms with van der Waals surface area (Å²) in [5.41, 5.74) is 0.747. The van der Waals surface area contributed by atoms with Crippen LogP contribution in [0.2, 0.25) is 15.1 Å². The number of aromatic hydroxyl groups is 1. The van der Waals surface area contributed by atoms with Crippen molar-refractivity contribution in [2.24, 2.45) is 0 Å². The largest absolute Gasteiger partial charge is 0.504 e. The van der Waals surface area contributed by atoms with Gasteiger partial charge in [-0.1, -0.05) is 40.9 Å². The van der Waals surface area contributed by atoms with E-state index < -0.39 is 11.1 Å². The van der Waals surface area contributed by atoms with E-state index >= 15 is 0 Å². The smallest absolute Gasteiger partial charge is 0.293 e. The van der Waals surface area contributed by atoms with Gasteiger partial charge in [0.15, 0.2) is 11.5 Å². The van der Waals surface area contributed by atoms with E-state index in [0.29, 0.717) is 20.6 Å². The summed E-state index contributed by atoms with van der Waals surface area (Å²) in [7, 11) is 1.39. The molecule has 0 aromatic heterocycles. The molecular formula is C18H12Cl3NO4S. The van der Waals surface area contributed by atoms with Crippen LogP contribution >= 0.6 is 46.6 Å². The molecule has 9 heteroatoms. The zero-order valence-corrected chi connectivity index (χ0v) is 16.9. The lowest BCUT2D eigenvalue weighted by atomic mass is 10.1. The Kier molecular flexibility index (Phi) is 5.91. The molecule has 0 radical (unpaired) electrons. The number of phenols is 1. The topological polar surface area (TPSA) is 66.8 Å². The van der Waals surface area contributed by atoms with Crippen molar-refractivity contribution in [2.45, 2.75) is 6.54 Å². The monoisotopic (exact) mass is 443 g/mol. The number of methoxy groups -OCH3 is 1. The number of carbonyl (C=O) groups excluding carboxylic acids is 2. The number of amides is 2. The van der Waals surface area contributed by atoms with Gasteiger partial charge in [-0.25, -0.2) is 0 Å². The molecule has 0 saturated carbocycles. The molecule has 2 aromatic rings. The predicted molar refractivity (Wildman–Crippen MR) is 108 cm³/mol. The van der Waals surface area contributed by atoms with Crippen molar-refractivity contribution in [1.82, 2.24) is 4.90 Å². The van der Waals surface area contributed by atoms with Crippen LogP contribution in [0.15, 0.2) is 35.2 Å². The summed E-state index contributed by atoms with van der Waals surface area (Å²) in [6.45, 7) is -0.0502. The molecule has 2 aromatic carbocycles. The number of benzene rings is 2. The molecule has 2 amide bonds. The third-order valence-electron chi connectivity index (χ3n) is 3.83. The highest BCUT2D eigenvalue weighted by molar-refractivity contribution is 8.18. The number of phenolic OH excluding ortho intramolecular Hbond substituents is 1. The first kappa shape index (κ1) is 19.9. The van der Waals surface area contributed by atoms with Gasteiger partial charge < -0.3 is 9.84 Å². The summed E-state index contributed by atoms with van der Waals surface area (Å²) >= 11 is 19.0. The summed E-state index contributed by atoms with van der Waals surface area (Å²) in [5, 5.41) is 10.8. The Balaban J connectivity index is 1.93. The van der Waals surface area contributed by atoms with Crippen LogP contribution in [-0.2, 0) is 11.3 Å². The summed E-state index contributed by atoms with van der Waals surface area (Å²) < 4.78 is 5.04. The van der Waals surface area contributed by atoms with E-state index in [4.69, 9.17) is 39.5 Å². The van der Waals surface area contributed by atoms with Gasteiger partial charge in [0.25, 0.3) is 11.1 Å². The molecule has 0 aliphatic carbocycles. The van der Waals surface area contributed by atoms with Gasteiger partial charge in [0, 0.05) is 32.3 Å². The Labute approximate surface area is 174 Å². The lowest BCUT2D eigenvalue weighted by molar-refractivity contribution is -0.123. The van der Waals surface area contributed by atoms with Crippen molar-refractivity contribution in [3.8, 4) is 11.5 Å². The van der Waals surface area contributed by atoms with Gasteiger partial charge in [0.05, 0.1) is 18.6 Å². The molecule has 0 bridgehead atoms. The molecule has 1 fully saturated rings. The molecular weight excluding hydrogens is 433 g/mol. The second-order valence-electron chi connectivity index (χ2n) is 5.51. The van der Waals surface area contributed by atoms with Gasteiger partial charge in [-0.3, -0.25) is 14.5 Å². The maximum Gasteiger partial charge on any atom is 0.293 e. The first-order chi connectivity index (χ1) is 12.8. The van der Waals surface area contributed by atoms with Crippen LogP contribution in [0.1, 0.15) is 11.1 Å². The maximum absolute atomic E-state index is 12.7. The Morgan fingerprint density at radius 2 is 1.85 bits per heavy atom. The van der Waals surface area contributed by atoms with E-state index in [1.54, 1.807) is 18.2 Å². The number of ether oxygens (including phenoxy) is 1. The van der Waals surface area contributed by atoms with Crippen LogP contribution in [-0.4, -0.2) is 28.3 Å². The number of thioether (sulfide) groups is 1. The molecule has 0 atom stereocenters. The van der Waals surface area contributed by atoms with E-state index in [1.807, 2.05) is 0 Å². The highest BCUT2D eigenvalue weighted by Crippen LogP contribution is 2.39. The highest BCUT2D eigenvalue weighted by atomic mass is 35.5. The van der Waals surface area contributed by atoms with Gasteiger partial charge in [0.2, 0.25) is 0 Å². The van der Waals surface area contributed by atoms with Gasteiger partial charge in [-0.05, 0) is 36.0 Å². The number of nitrogens with zero attached hydrogens (tertiary/aromatic N) is 1. The van der Waals surface area contributed by atoms with Gasteiger partial charge >= 0.3 is 0 Å². The van der Waals surface area contributed by atoms with Crippen molar-refractivity contribution >= 4 is 63.8 Å². The number of carbonyl (C=O) groups is 2. The zero-order valence-electron chi connectivity index (χ0n) is 13.8. The molecule has 5 nitrogen and oxygen atoms in total. The zero-order chi connectivity index (χ0) is 19.7. The highest BCUT2D eigenvalue weighted by Gasteiger charge is 2.36. The Hall–Kier alpha value is -1.86. The second-order valence-corrected chi connectivity index (χ2v) is 7.76. The van der Waals surface area contributed by atoms with Crippen LogP contribution in [0.5, 0.6) is 11.5 Å². The van der Waals surface area contributed by atoms with Crippen molar-refractivity contribution in [3.63, 3.8) is 0 Å². The number of hydrogen-bond donors (Lipinski definition) is 1. The van der Waals surface area contributed by atoms with E-state index in [2.05, 4.69) is 0 Å². The van der Waals surface area contributed by atoms with E-state index in [0.717, 1.165) is 16.7 Å². The number of hydrogen-bond acceptors (Lipinski definition) is 5. The van der Waals surface area contributed by atoms with Crippen LogP contribution in [0.25, 0.3) is 6.08 Å². The minimum atomic E-state index is -0.515. The van der Waals surface area contributed by atoms with Crippen LogP contribution < -0.4 is 4.74 Å². The molecule has 140 valence electrons. The fourth-order valence-electron chi connectivity index (χ4n) is 2.48. The molecule has 0 unspecified atom stereocenters. The van der Waals surface area contributed by atoms with E-state index in [-0.39, 0.29) is 28.5 Å². The number of rotatable bonds is 4. The summed E-state index contributed by atoms with van der Waals surface area (Å²) in [5.74, 6) is -0.530. The molecule has 27 heavy (non-hydrogen) atoms. The van der Waals surface area contributed by atoms with Gasteiger partial charge in [-0.2, -0.15) is 0 Å². The fourth-order valence-corrected chi connectivity index (χ4v) is 4.04. The lowest BCUT2D eigenvalue weighted by Crippen LogP contribution is -2.27. The maximum atomic E-state index is 12.7. The molecule has 1 aliphatic rings. The summed E-state index contributed by atoms with van der Waals surface area (Å²) in [6, 6.07) is 7.86. The van der Waals surface area contributed by atoms with Crippen LogP contribution in [0, 0.1) is 0 Å². The summed E-state index contributed by atoms with van der Waals surface area (Å²) in [6.07, 6.45) is 1.39. The normalized spacial score (nSPS) is 15.7. The van der Waals surface area contributed by atoms with Crippen molar-refractivity contribution in [2.75, 3.05) is 7.11 Å². The Morgan fingerprint density at radius 1 is 1.19 bits per heavy atom. The van der Waals surface area contributed by atoms with Gasteiger partial charge in [0.1, 0.15) is 0 Å². The minimum Gasteiger partial charge on any atom is -0.504 e. The van der Waals surface area contributed by atoms with Crippen molar-refractivity contribution < 1.29 is 19.4 Å². The molecule has 3 rings (SSSR count). The third kappa shape index (κ3) is 4.04. The second kappa shape index (κ2) is 8.02. The Bertz CT molecular complexity index is 957. The quantitative estimate of drug-likeness (QED) is 0.622. The SMILES string of the molecule is COc1cc(Cl)cc(/C=C2\SC(=O)N(Cc3c(Cl)cccc3Cl)C2=O)c1O. The molecule has 1 aliphatic heterocycles. The van der Waals surface area contributed by atoms with E-state index in [9.17, 15) is 14.7 Å². The average Bonchev–Trinajstić information content (AvgIpc) is 2.88. The molecule has 1 saturated heterocycles. The molecule has 0 spiro atoms. The summed E-state index contributed by atoms with van der Waals surface area (Å²) in [4.78, 5) is 26.2.